The van der Waals surface area contributed by atoms with Gasteiger partial charge in [-0.1, -0.05) is 0 Å². The molecule has 3 nitrogen and oxygen atoms in total. The number of hydrogen-bond acceptors (Lipinski definition) is 2. The van der Waals surface area contributed by atoms with E-state index in [9.17, 15) is 4.21 Å². The molecule has 0 aromatic rings. The number of piperazine rings is 1. The summed E-state index contributed by atoms with van der Waals surface area (Å²) in [4.78, 5) is 0. The summed E-state index contributed by atoms with van der Waals surface area (Å²) in [6, 6.07) is 0. The molecule has 0 amide bonds. The van der Waals surface area contributed by atoms with Crippen molar-refractivity contribution in [1.29, 1.82) is 0 Å². The summed E-state index contributed by atoms with van der Waals surface area (Å²) in [5.74, 6) is 3.62. The maximum Gasteiger partial charge on any atom is 0.0246 e. The van der Waals surface area contributed by atoms with Crippen LogP contribution < -0.4 is 5.32 Å². The Balaban J connectivity index is 2.56. The van der Waals surface area contributed by atoms with E-state index in [1.54, 1.807) is 6.26 Å². The SMILES string of the molecule is C=S(C)(=O)N1CCNCC1. The van der Waals surface area contributed by atoms with E-state index in [0.29, 0.717) is 0 Å². The van der Waals surface area contributed by atoms with Gasteiger partial charge in [0.1, 0.15) is 0 Å². The topological polar surface area (TPSA) is 32.3 Å². The molecule has 1 saturated heterocycles. The third-order valence-corrected chi connectivity index (χ3v) is 3.08. The van der Waals surface area contributed by atoms with E-state index in [1.165, 1.54) is 0 Å². The van der Waals surface area contributed by atoms with Crippen LogP contribution in [0.2, 0.25) is 0 Å². The van der Waals surface area contributed by atoms with E-state index >= 15 is 0 Å². The zero-order valence-electron chi connectivity index (χ0n) is 6.30. The molecular weight excluding hydrogens is 148 g/mol. The Morgan fingerprint density at radius 2 is 2.00 bits per heavy atom. The molecule has 1 aliphatic rings. The third kappa shape index (κ3) is 1.97. The standard InChI is InChI=1S/C6H14N2OS/c1-10(2,9)8-5-3-7-4-6-8/h7H,1,3-6H2,2H3. The Morgan fingerprint density at radius 3 is 2.30 bits per heavy atom. The smallest absolute Gasteiger partial charge is 0.0246 e. The summed E-state index contributed by atoms with van der Waals surface area (Å²) < 4.78 is 13.3. The van der Waals surface area contributed by atoms with Crippen molar-refractivity contribution in [1.82, 2.24) is 9.62 Å². The second-order valence-electron chi connectivity index (χ2n) is 2.64. The first-order valence-corrected chi connectivity index (χ1v) is 5.48. The minimum Gasteiger partial charge on any atom is -0.314 e. The van der Waals surface area contributed by atoms with Crippen molar-refractivity contribution in [2.45, 2.75) is 0 Å². The molecule has 0 aliphatic carbocycles. The Bertz CT molecular complexity index is 192. The van der Waals surface area contributed by atoms with E-state index in [-0.39, 0.29) is 0 Å². The summed E-state index contributed by atoms with van der Waals surface area (Å²) in [6.45, 7) is 3.58. The Hall–Kier alpha value is -0.0600. The molecule has 60 valence electrons. The third-order valence-electron chi connectivity index (χ3n) is 1.62. The van der Waals surface area contributed by atoms with Crippen LogP contribution in [0.3, 0.4) is 0 Å². The van der Waals surface area contributed by atoms with Crippen molar-refractivity contribution >= 4 is 15.6 Å². The van der Waals surface area contributed by atoms with Gasteiger partial charge in [-0.25, -0.2) is 4.31 Å². The molecule has 0 spiro atoms. The van der Waals surface area contributed by atoms with E-state index < -0.39 is 9.71 Å². The van der Waals surface area contributed by atoms with Gasteiger partial charge in [-0.05, 0) is 5.87 Å². The molecular formula is C6H14N2OS. The van der Waals surface area contributed by atoms with Crippen LogP contribution in [0.4, 0.5) is 0 Å². The van der Waals surface area contributed by atoms with Crippen molar-refractivity contribution in [3.8, 4) is 0 Å². The molecule has 4 heteroatoms. The summed E-state index contributed by atoms with van der Waals surface area (Å²) >= 11 is 0. The van der Waals surface area contributed by atoms with Crippen molar-refractivity contribution in [2.24, 2.45) is 0 Å². The van der Waals surface area contributed by atoms with E-state index in [0.717, 1.165) is 26.2 Å². The molecule has 1 atom stereocenters. The van der Waals surface area contributed by atoms with Crippen LogP contribution in [0.15, 0.2) is 0 Å². The lowest BCUT2D eigenvalue weighted by Crippen LogP contribution is -2.45. The lowest BCUT2D eigenvalue weighted by molar-refractivity contribution is 0.381. The molecule has 10 heavy (non-hydrogen) atoms. The number of rotatable bonds is 1. The zero-order chi connectivity index (χ0) is 7.61. The van der Waals surface area contributed by atoms with Crippen molar-refractivity contribution < 1.29 is 4.21 Å². The molecule has 0 saturated carbocycles. The second kappa shape index (κ2) is 2.90. The highest BCUT2D eigenvalue weighted by atomic mass is 32.2. The quantitative estimate of drug-likeness (QED) is 0.510. The first kappa shape index (κ1) is 8.04. The molecule has 1 heterocycles. The lowest BCUT2D eigenvalue weighted by atomic mass is 10.4. The Kier molecular flexibility index (Phi) is 2.33. The first-order valence-electron chi connectivity index (χ1n) is 3.39. The molecule has 1 fully saturated rings. The monoisotopic (exact) mass is 162 g/mol. The van der Waals surface area contributed by atoms with Gasteiger partial charge in [0.05, 0.1) is 0 Å². The van der Waals surface area contributed by atoms with Crippen LogP contribution >= 0.6 is 0 Å². The van der Waals surface area contributed by atoms with Gasteiger partial charge in [-0.3, -0.25) is 4.21 Å². The molecule has 0 aromatic heterocycles. The molecule has 0 bridgehead atoms. The van der Waals surface area contributed by atoms with Gasteiger partial charge < -0.3 is 5.32 Å². The molecule has 1 aliphatic heterocycles. The highest BCUT2D eigenvalue weighted by molar-refractivity contribution is 7.97. The second-order valence-corrected chi connectivity index (χ2v) is 5.07. The molecule has 1 unspecified atom stereocenters. The van der Waals surface area contributed by atoms with Crippen LogP contribution in [0.1, 0.15) is 0 Å². The summed E-state index contributed by atoms with van der Waals surface area (Å²) in [7, 11) is -1.93. The predicted octanol–water partition coefficient (Wildman–Crippen LogP) is -0.847. The fourth-order valence-electron chi connectivity index (χ4n) is 1.03. The van der Waals surface area contributed by atoms with Crippen LogP contribution in [0.25, 0.3) is 0 Å². The minimum atomic E-state index is -1.93. The van der Waals surface area contributed by atoms with Crippen LogP contribution in [0, 0.1) is 0 Å². The molecule has 1 rings (SSSR count). The average Bonchev–Trinajstić information content (AvgIpc) is 1.88. The molecule has 0 aromatic carbocycles. The lowest BCUT2D eigenvalue weighted by Gasteiger charge is -2.27. The van der Waals surface area contributed by atoms with Crippen LogP contribution in [0.5, 0.6) is 0 Å². The van der Waals surface area contributed by atoms with Gasteiger partial charge in [0.25, 0.3) is 0 Å². The van der Waals surface area contributed by atoms with E-state index in [2.05, 4.69) is 11.2 Å². The Morgan fingerprint density at radius 1 is 1.50 bits per heavy atom. The summed E-state index contributed by atoms with van der Waals surface area (Å²) in [5, 5.41) is 3.19. The van der Waals surface area contributed by atoms with Gasteiger partial charge >= 0.3 is 0 Å². The molecule has 0 radical (unpaired) electrons. The van der Waals surface area contributed by atoms with Gasteiger partial charge in [-0.2, -0.15) is 0 Å². The van der Waals surface area contributed by atoms with Crippen molar-refractivity contribution in [3.63, 3.8) is 0 Å². The maximum atomic E-state index is 11.3. The fourth-order valence-corrected chi connectivity index (χ4v) is 1.99. The Labute approximate surface area is 62.5 Å². The van der Waals surface area contributed by atoms with Gasteiger partial charge in [0, 0.05) is 42.1 Å². The number of nitrogens with zero attached hydrogens (tertiary/aromatic N) is 1. The summed E-state index contributed by atoms with van der Waals surface area (Å²) in [5.41, 5.74) is 0. The van der Waals surface area contributed by atoms with Crippen LogP contribution in [-0.2, 0) is 9.71 Å². The predicted molar refractivity (Wildman–Crippen MR) is 45.6 cm³/mol. The van der Waals surface area contributed by atoms with Gasteiger partial charge in [0.2, 0.25) is 0 Å². The van der Waals surface area contributed by atoms with Gasteiger partial charge in [-0.15, -0.1) is 0 Å². The largest absolute Gasteiger partial charge is 0.314 e. The minimum absolute atomic E-state index is 0.860. The highest BCUT2D eigenvalue weighted by Crippen LogP contribution is 1.98. The van der Waals surface area contributed by atoms with Crippen molar-refractivity contribution in [2.75, 3.05) is 32.4 Å². The zero-order valence-corrected chi connectivity index (χ0v) is 7.12. The highest BCUT2D eigenvalue weighted by Gasteiger charge is 2.13. The van der Waals surface area contributed by atoms with Crippen molar-refractivity contribution in [3.05, 3.63) is 0 Å². The number of hydrogen-bond donors (Lipinski definition) is 1. The average molecular weight is 162 g/mol. The van der Waals surface area contributed by atoms with Crippen LogP contribution in [-0.4, -0.2) is 46.8 Å². The normalized spacial score (nSPS) is 27.7. The van der Waals surface area contributed by atoms with Gasteiger partial charge in [0.15, 0.2) is 0 Å². The number of nitrogens with one attached hydrogen (secondary N) is 1. The maximum absolute atomic E-state index is 11.3. The first-order chi connectivity index (χ1) is 4.61. The van der Waals surface area contributed by atoms with E-state index in [1.807, 2.05) is 4.31 Å². The van der Waals surface area contributed by atoms with E-state index in [4.69, 9.17) is 0 Å². The fraction of sp³-hybridized carbons (Fsp3) is 0.833. The summed E-state index contributed by atoms with van der Waals surface area (Å²) in [6.07, 6.45) is 1.69. The molecule has 1 N–H and O–H groups in total.